The van der Waals surface area contributed by atoms with Gasteiger partial charge in [0, 0.05) is 25.5 Å². The number of carbonyl (C=O) groups excluding carboxylic acids is 3. The van der Waals surface area contributed by atoms with Crippen molar-refractivity contribution in [1.82, 2.24) is 4.90 Å². The minimum Gasteiger partial charge on any atom is -0.480 e. The number of imide groups is 1. The standard InChI is InChI=1S/C9H11NO5S/c1-5(11)16-4-6(9(14)15)10-7(12)2-3-8(10)13/h6H,2-4H2,1H3,(H,14,15). The number of hydrogen-bond acceptors (Lipinski definition) is 5. The number of amides is 2. The van der Waals surface area contributed by atoms with Crippen molar-refractivity contribution >= 4 is 34.7 Å². The second-order valence-corrected chi connectivity index (χ2v) is 4.51. The number of aliphatic carboxylic acids is 1. The molecule has 0 aliphatic carbocycles. The van der Waals surface area contributed by atoms with Gasteiger partial charge in [-0.25, -0.2) is 4.79 Å². The predicted molar refractivity (Wildman–Crippen MR) is 55.6 cm³/mol. The molecule has 1 aliphatic rings. The second kappa shape index (κ2) is 5.11. The Morgan fingerprint density at radius 1 is 1.38 bits per heavy atom. The molecular weight excluding hydrogens is 234 g/mol. The lowest BCUT2D eigenvalue weighted by Crippen LogP contribution is -2.46. The molecule has 0 spiro atoms. The van der Waals surface area contributed by atoms with Crippen molar-refractivity contribution in [2.24, 2.45) is 0 Å². The Balaban J connectivity index is 2.76. The van der Waals surface area contributed by atoms with E-state index in [0.717, 1.165) is 16.7 Å². The van der Waals surface area contributed by atoms with E-state index >= 15 is 0 Å². The molecule has 1 unspecified atom stereocenters. The zero-order valence-corrected chi connectivity index (χ0v) is 9.45. The Labute approximate surface area is 96.0 Å². The van der Waals surface area contributed by atoms with E-state index in [-0.39, 0.29) is 23.7 Å². The van der Waals surface area contributed by atoms with Crippen LogP contribution in [0.15, 0.2) is 0 Å². The van der Waals surface area contributed by atoms with Crippen molar-refractivity contribution in [2.75, 3.05) is 5.75 Å². The van der Waals surface area contributed by atoms with E-state index in [0.29, 0.717) is 0 Å². The van der Waals surface area contributed by atoms with Gasteiger partial charge in [0.25, 0.3) is 0 Å². The molecule has 6 nitrogen and oxygen atoms in total. The van der Waals surface area contributed by atoms with Crippen molar-refractivity contribution in [3.63, 3.8) is 0 Å². The molecule has 16 heavy (non-hydrogen) atoms. The Morgan fingerprint density at radius 2 is 1.88 bits per heavy atom. The van der Waals surface area contributed by atoms with Crippen LogP contribution in [-0.4, -0.2) is 44.7 Å². The van der Waals surface area contributed by atoms with E-state index in [1.54, 1.807) is 0 Å². The van der Waals surface area contributed by atoms with Gasteiger partial charge in [0.1, 0.15) is 6.04 Å². The summed E-state index contributed by atoms with van der Waals surface area (Å²) in [6, 6.07) is -1.24. The Morgan fingerprint density at radius 3 is 2.25 bits per heavy atom. The van der Waals surface area contributed by atoms with Crippen LogP contribution in [0, 0.1) is 0 Å². The van der Waals surface area contributed by atoms with Gasteiger partial charge < -0.3 is 5.11 Å². The van der Waals surface area contributed by atoms with E-state index < -0.39 is 23.8 Å². The topological polar surface area (TPSA) is 91.8 Å². The smallest absolute Gasteiger partial charge is 0.327 e. The highest BCUT2D eigenvalue weighted by Crippen LogP contribution is 2.19. The molecule has 0 radical (unpaired) electrons. The number of carboxylic acids is 1. The molecule has 1 N–H and O–H groups in total. The van der Waals surface area contributed by atoms with Gasteiger partial charge in [-0.3, -0.25) is 19.3 Å². The van der Waals surface area contributed by atoms with Gasteiger partial charge >= 0.3 is 5.97 Å². The molecule has 88 valence electrons. The Kier molecular flexibility index (Phi) is 4.05. The lowest BCUT2D eigenvalue weighted by atomic mass is 10.3. The third kappa shape index (κ3) is 2.82. The van der Waals surface area contributed by atoms with E-state index in [1.165, 1.54) is 6.92 Å². The first-order valence-electron chi connectivity index (χ1n) is 4.64. The average molecular weight is 245 g/mol. The number of rotatable bonds is 4. The fraction of sp³-hybridized carbons (Fsp3) is 0.556. The van der Waals surface area contributed by atoms with Gasteiger partial charge in [0.2, 0.25) is 11.8 Å². The van der Waals surface area contributed by atoms with Crippen molar-refractivity contribution in [1.29, 1.82) is 0 Å². The summed E-state index contributed by atoms with van der Waals surface area (Å²) >= 11 is 0.793. The first kappa shape index (κ1) is 12.7. The molecular formula is C9H11NO5S. The molecule has 0 aromatic rings. The van der Waals surface area contributed by atoms with Gasteiger partial charge in [-0.15, -0.1) is 0 Å². The summed E-state index contributed by atoms with van der Waals surface area (Å²) < 4.78 is 0. The first-order chi connectivity index (χ1) is 7.43. The molecule has 0 saturated carbocycles. The van der Waals surface area contributed by atoms with Gasteiger partial charge in [0.05, 0.1) is 0 Å². The minimum atomic E-state index is -1.27. The van der Waals surface area contributed by atoms with Gasteiger partial charge in [-0.05, 0) is 0 Å². The molecule has 1 fully saturated rings. The lowest BCUT2D eigenvalue weighted by molar-refractivity contribution is -0.153. The van der Waals surface area contributed by atoms with E-state index in [1.807, 2.05) is 0 Å². The minimum absolute atomic E-state index is 0.0490. The van der Waals surface area contributed by atoms with Crippen LogP contribution in [0.5, 0.6) is 0 Å². The SMILES string of the molecule is CC(=O)SCC(C(=O)O)N1C(=O)CCC1=O. The van der Waals surface area contributed by atoms with Crippen molar-refractivity contribution in [3.05, 3.63) is 0 Å². The maximum absolute atomic E-state index is 11.3. The van der Waals surface area contributed by atoms with Crippen LogP contribution >= 0.6 is 11.8 Å². The zero-order chi connectivity index (χ0) is 12.3. The van der Waals surface area contributed by atoms with Crippen molar-refractivity contribution in [2.45, 2.75) is 25.8 Å². The number of carboxylic acid groups (broad SMARTS) is 1. The quantitative estimate of drug-likeness (QED) is 0.693. The van der Waals surface area contributed by atoms with Crippen LogP contribution in [0.4, 0.5) is 0 Å². The van der Waals surface area contributed by atoms with Crippen LogP contribution in [0.3, 0.4) is 0 Å². The maximum Gasteiger partial charge on any atom is 0.327 e. The molecule has 1 rings (SSSR count). The largest absolute Gasteiger partial charge is 0.480 e. The highest BCUT2D eigenvalue weighted by atomic mass is 32.2. The summed E-state index contributed by atoms with van der Waals surface area (Å²) in [7, 11) is 0. The fourth-order valence-electron chi connectivity index (χ4n) is 1.39. The highest BCUT2D eigenvalue weighted by molar-refractivity contribution is 8.13. The first-order valence-corrected chi connectivity index (χ1v) is 5.63. The molecule has 1 aliphatic heterocycles. The van der Waals surface area contributed by atoms with E-state index in [9.17, 15) is 19.2 Å². The van der Waals surface area contributed by atoms with Crippen LogP contribution < -0.4 is 0 Å². The van der Waals surface area contributed by atoms with E-state index in [4.69, 9.17) is 5.11 Å². The molecule has 0 bridgehead atoms. The third-order valence-electron chi connectivity index (χ3n) is 2.13. The van der Waals surface area contributed by atoms with Gasteiger partial charge in [-0.2, -0.15) is 0 Å². The molecule has 2 amide bonds. The molecule has 1 heterocycles. The zero-order valence-electron chi connectivity index (χ0n) is 8.63. The van der Waals surface area contributed by atoms with Crippen molar-refractivity contribution < 1.29 is 24.3 Å². The number of hydrogen-bond donors (Lipinski definition) is 1. The number of thioether (sulfide) groups is 1. The molecule has 0 aromatic heterocycles. The number of carbonyl (C=O) groups is 4. The predicted octanol–water partition coefficient (Wildman–Crippen LogP) is -0.132. The summed E-state index contributed by atoms with van der Waals surface area (Å²) in [5.74, 6) is -2.33. The molecule has 1 atom stereocenters. The molecule has 1 saturated heterocycles. The Hall–Kier alpha value is -1.37. The van der Waals surface area contributed by atoms with Gasteiger partial charge in [0.15, 0.2) is 5.12 Å². The van der Waals surface area contributed by atoms with Crippen LogP contribution in [0.2, 0.25) is 0 Å². The molecule has 0 aromatic carbocycles. The van der Waals surface area contributed by atoms with Crippen LogP contribution in [0.25, 0.3) is 0 Å². The highest BCUT2D eigenvalue weighted by Gasteiger charge is 2.38. The number of nitrogens with zero attached hydrogens (tertiary/aromatic N) is 1. The normalized spacial score (nSPS) is 17.7. The molecule has 7 heteroatoms. The Bertz CT molecular complexity index is 338. The monoisotopic (exact) mass is 245 g/mol. The summed E-state index contributed by atoms with van der Waals surface area (Å²) in [5, 5.41) is 8.67. The second-order valence-electron chi connectivity index (χ2n) is 3.31. The van der Waals surface area contributed by atoms with Crippen LogP contribution in [-0.2, 0) is 19.2 Å². The average Bonchev–Trinajstić information content (AvgIpc) is 2.48. The fourth-order valence-corrected chi connectivity index (χ4v) is 2.08. The summed E-state index contributed by atoms with van der Waals surface area (Å²) in [5.41, 5.74) is 0. The summed E-state index contributed by atoms with van der Waals surface area (Å²) in [4.78, 5) is 45.0. The van der Waals surface area contributed by atoms with E-state index in [2.05, 4.69) is 0 Å². The van der Waals surface area contributed by atoms with Crippen LogP contribution in [0.1, 0.15) is 19.8 Å². The summed E-state index contributed by atoms with van der Waals surface area (Å²) in [6.07, 6.45) is 0.0979. The lowest BCUT2D eigenvalue weighted by Gasteiger charge is -2.21. The van der Waals surface area contributed by atoms with Crippen molar-refractivity contribution in [3.8, 4) is 0 Å². The maximum atomic E-state index is 11.3. The third-order valence-corrected chi connectivity index (χ3v) is 3.02. The van der Waals surface area contributed by atoms with Gasteiger partial charge in [-0.1, -0.05) is 11.8 Å². The number of likely N-dealkylation sites (tertiary alicyclic amines) is 1. The summed E-state index contributed by atoms with van der Waals surface area (Å²) in [6.45, 7) is 1.30.